The van der Waals surface area contributed by atoms with E-state index >= 15 is 0 Å². The predicted octanol–water partition coefficient (Wildman–Crippen LogP) is 0.209. The number of primary amides is 1. The van der Waals surface area contributed by atoms with E-state index in [2.05, 4.69) is 5.32 Å². The number of carbonyl (C=O) groups is 3. The number of aliphatic carboxylic acids is 1. The molecule has 0 saturated heterocycles. The molecule has 7 heteroatoms. The number of rotatable bonds is 8. The van der Waals surface area contributed by atoms with Gasteiger partial charge in [0.15, 0.2) is 6.10 Å². The average molecular weight is 294 g/mol. The zero-order valence-corrected chi connectivity index (χ0v) is 11.6. The van der Waals surface area contributed by atoms with Gasteiger partial charge in [0.1, 0.15) is 6.04 Å². The van der Waals surface area contributed by atoms with Gasteiger partial charge in [0.2, 0.25) is 5.91 Å². The van der Waals surface area contributed by atoms with Crippen molar-refractivity contribution in [2.45, 2.75) is 25.0 Å². The number of ether oxygens (including phenoxy) is 1. The third kappa shape index (κ3) is 5.23. The molecule has 114 valence electrons. The fraction of sp³-hybridized carbons (Fsp3) is 0.357. The predicted molar refractivity (Wildman–Crippen MR) is 74.2 cm³/mol. The molecular formula is C14H18N2O5. The second kappa shape index (κ2) is 8.01. The largest absolute Gasteiger partial charge is 0.481 e. The van der Waals surface area contributed by atoms with E-state index in [0.717, 1.165) is 0 Å². The molecular weight excluding hydrogens is 276 g/mol. The minimum absolute atomic E-state index is 0.0678. The van der Waals surface area contributed by atoms with Crippen LogP contribution in [0.5, 0.6) is 0 Å². The maximum absolute atomic E-state index is 12.1. The molecule has 0 bridgehead atoms. The number of amides is 2. The maximum Gasteiger partial charge on any atom is 0.303 e. The molecule has 0 heterocycles. The summed E-state index contributed by atoms with van der Waals surface area (Å²) >= 11 is 0. The molecule has 21 heavy (non-hydrogen) atoms. The summed E-state index contributed by atoms with van der Waals surface area (Å²) in [6.45, 7) is 0. The van der Waals surface area contributed by atoms with Crippen molar-refractivity contribution >= 4 is 17.8 Å². The first kappa shape index (κ1) is 16.6. The van der Waals surface area contributed by atoms with Crippen molar-refractivity contribution in [3.05, 3.63) is 35.9 Å². The SMILES string of the molecule is CO[C@@H](C(=O)N[C@H](CCC(=O)O)C(N)=O)c1ccccc1. The second-order valence-corrected chi connectivity index (χ2v) is 4.42. The number of carbonyl (C=O) groups excluding carboxylic acids is 2. The molecule has 0 saturated carbocycles. The van der Waals surface area contributed by atoms with Crippen molar-refractivity contribution in [1.82, 2.24) is 5.32 Å². The summed E-state index contributed by atoms with van der Waals surface area (Å²) in [5, 5.41) is 11.0. The maximum atomic E-state index is 12.1. The van der Waals surface area contributed by atoms with Crippen molar-refractivity contribution < 1.29 is 24.2 Å². The van der Waals surface area contributed by atoms with Gasteiger partial charge >= 0.3 is 5.97 Å². The van der Waals surface area contributed by atoms with Crippen LogP contribution in [0.25, 0.3) is 0 Å². The van der Waals surface area contributed by atoms with Gasteiger partial charge in [-0.05, 0) is 12.0 Å². The first-order valence-corrected chi connectivity index (χ1v) is 6.35. The van der Waals surface area contributed by atoms with Crippen LogP contribution in [-0.2, 0) is 19.1 Å². The highest BCUT2D eigenvalue weighted by atomic mass is 16.5. The number of hydrogen-bond donors (Lipinski definition) is 3. The Labute approximate surface area is 122 Å². The topological polar surface area (TPSA) is 119 Å². The quantitative estimate of drug-likeness (QED) is 0.633. The normalized spacial score (nSPS) is 13.2. The molecule has 2 atom stereocenters. The number of carboxylic acid groups (broad SMARTS) is 1. The summed E-state index contributed by atoms with van der Waals surface area (Å²) in [5.74, 6) is -2.40. The number of nitrogens with two attached hydrogens (primary N) is 1. The molecule has 0 aliphatic carbocycles. The van der Waals surface area contributed by atoms with Crippen LogP contribution in [0.2, 0.25) is 0 Å². The molecule has 4 N–H and O–H groups in total. The lowest BCUT2D eigenvalue weighted by atomic mass is 10.1. The molecule has 0 aliphatic heterocycles. The summed E-state index contributed by atoms with van der Waals surface area (Å²) in [4.78, 5) is 33.9. The molecule has 1 rings (SSSR count). The second-order valence-electron chi connectivity index (χ2n) is 4.42. The Balaban J connectivity index is 2.75. The number of methoxy groups -OCH3 is 1. The summed E-state index contributed by atoms with van der Waals surface area (Å²) in [6, 6.07) is 7.69. The van der Waals surface area contributed by atoms with E-state index in [1.165, 1.54) is 7.11 Å². The molecule has 7 nitrogen and oxygen atoms in total. The summed E-state index contributed by atoms with van der Waals surface area (Å²) in [5.41, 5.74) is 5.79. The molecule has 0 unspecified atom stereocenters. The first-order valence-electron chi connectivity index (χ1n) is 6.35. The Morgan fingerprint density at radius 3 is 2.38 bits per heavy atom. The zero-order chi connectivity index (χ0) is 15.8. The van der Waals surface area contributed by atoms with Crippen LogP contribution in [0.15, 0.2) is 30.3 Å². The molecule has 0 fully saturated rings. The molecule has 0 spiro atoms. The Kier molecular flexibility index (Phi) is 6.35. The van der Waals surface area contributed by atoms with Gasteiger partial charge in [0.25, 0.3) is 5.91 Å². The highest BCUT2D eigenvalue weighted by molar-refractivity contribution is 5.89. The van der Waals surface area contributed by atoms with E-state index in [9.17, 15) is 14.4 Å². The van der Waals surface area contributed by atoms with Crippen molar-refractivity contribution in [3.63, 3.8) is 0 Å². The third-order valence-electron chi connectivity index (χ3n) is 2.88. The average Bonchev–Trinajstić information content (AvgIpc) is 2.44. The van der Waals surface area contributed by atoms with Crippen LogP contribution in [0, 0.1) is 0 Å². The Hall–Kier alpha value is -2.41. The minimum Gasteiger partial charge on any atom is -0.481 e. The highest BCUT2D eigenvalue weighted by Crippen LogP contribution is 2.16. The summed E-state index contributed by atoms with van der Waals surface area (Å²) < 4.78 is 5.12. The number of hydrogen-bond acceptors (Lipinski definition) is 4. The van der Waals surface area contributed by atoms with Crippen molar-refractivity contribution in [2.24, 2.45) is 5.73 Å². The fourth-order valence-electron chi connectivity index (χ4n) is 1.82. The Morgan fingerprint density at radius 1 is 1.29 bits per heavy atom. The van der Waals surface area contributed by atoms with E-state index in [-0.39, 0.29) is 12.8 Å². The third-order valence-corrected chi connectivity index (χ3v) is 2.88. The first-order chi connectivity index (χ1) is 9.95. The van der Waals surface area contributed by atoms with Gasteiger partial charge in [-0.3, -0.25) is 14.4 Å². The molecule has 1 aromatic rings. The van der Waals surface area contributed by atoms with Gasteiger partial charge in [0, 0.05) is 13.5 Å². The molecule has 0 aromatic heterocycles. The number of nitrogens with one attached hydrogen (secondary N) is 1. The van der Waals surface area contributed by atoms with Gasteiger partial charge in [-0.1, -0.05) is 30.3 Å². The van der Waals surface area contributed by atoms with E-state index in [1.54, 1.807) is 30.3 Å². The smallest absolute Gasteiger partial charge is 0.303 e. The van der Waals surface area contributed by atoms with E-state index in [0.29, 0.717) is 5.56 Å². The monoisotopic (exact) mass is 294 g/mol. The van der Waals surface area contributed by atoms with E-state index in [4.69, 9.17) is 15.6 Å². The molecule has 0 aliphatic rings. The molecule has 0 radical (unpaired) electrons. The lowest BCUT2D eigenvalue weighted by Crippen LogP contribution is -2.46. The molecule has 2 amide bonds. The van der Waals surface area contributed by atoms with Crippen LogP contribution in [0.4, 0.5) is 0 Å². The van der Waals surface area contributed by atoms with Crippen LogP contribution in [-0.4, -0.2) is 36.0 Å². The highest BCUT2D eigenvalue weighted by Gasteiger charge is 2.25. The van der Waals surface area contributed by atoms with Crippen LogP contribution < -0.4 is 11.1 Å². The number of benzene rings is 1. The van der Waals surface area contributed by atoms with Crippen molar-refractivity contribution in [1.29, 1.82) is 0 Å². The Bertz CT molecular complexity index is 503. The van der Waals surface area contributed by atoms with Crippen LogP contribution >= 0.6 is 0 Å². The van der Waals surface area contributed by atoms with Gasteiger partial charge < -0.3 is 20.9 Å². The van der Waals surface area contributed by atoms with Gasteiger partial charge in [-0.15, -0.1) is 0 Å². The summed E-state index contributed by atoms with van der Waals surface area (Å²) in [6.07, 6.45) is -1.23. The lowest BCUT2D eigenvalue weighted by Gasteiger charge is -2.20. The molecule has 1 aromatic carbocycles. The standard InChI is InChI=1S/C14H18N2O5/c1-21-12(9-5-3-2-4-6-9)14(20)16-10(13(15)19)7-8-11(17)18/h2-6,10,12H,7-8H2,1H3,(H2,15,19)(H,16,20)(H,17,18)/t10-,12-/m1/s1. The Morgan fingerprint density at radius 2 is 1.90 bits per heavy atom. The van der Waals surface area contributed by atoms with Gasteiger partial charge in [0.05, 0.1) is 0 Å². The summed E-state index contributed by atoms with van der Waals surface area (Å²) in [7, 11) is 1.37. The van der Waals surface area contributed by atoms with Gasteiger partial charge in [-0.2, -0.15) is 0 Å². The van der Waals surface area contributed by atoms with Gasteiger partial charge in [-0.25, -0.2) is 0 Å². The van der Waals surface area contributed by atoms with Crippen LogP contribution in [0.3, 0.4) is 0 Å². The van der Waals surface area contributed by atoms with E-state index < -0.39 is 29.9 Å². The fourth-order valence-corrected chi connectivity index (χ4v) is 1.82. The lowest BCUT2D eigenvalue weighted by molar-refractivity contribution is -0.139. The van der Waals surface area contributed by atoms with E-state index in [1.807, 2.05) is 0 Å². The van der Waals surface area contributed by atoms with Crippen molar-refractivity contribution in [2.75, 3.05) is 7.11 Å². The van der Waals surface area contributed by atoms with Crippen molar-refractivity contribution in [3.8, 4) is 0 Å². The zero-order valence-electron chi connectivity index (χ0n) is 11.6. The minimum atomic E-state index is -1.07. The van der Waals surface area contributed by atoms with Crippen LogP contribution in [0.1, 0.15) is 24.5 Å². The number of carboxylic acids is 1.